The summed E-state index contributed by atoms with van der Waals surface area (Å²) in [7, 11) is 0. The van der Waals surface area contributed by atoms with Crippen LogP contribution in [-0.4, -0.2) is 25.2 Å². The molecule has 0 amide bonds. The highest BCUT2D eigenvalue weighted by atomic mass is 16.7. The molecule has 1 aliphatic rings. The summed E-state index contributed by atoms with van der Waals surface area (Å²) < 4.78 is 4.89. The summed E-state index contributed by atoms with van der Waals surface area (Å²) in [6.07, 6.45) is 5.08. The maximum absolute atomic E-state index is 11.3. The van der Waals surface area contributed by atoms with Crippen molar-refractivity contribution in [3.8, 4) is 0 Å². The zero-order valence-corrected chi connectivity index (χ0v) is 9.62. The van der Waals surface area contributed by atoms with Gasteiger partial charge in [-0.15, -0.1) is 0 Å². The Hall–Kier alpha value is -0.610. The Morgan fingerprint density at radius 2 is 2.13 bits per heavy atom. The van der Waals surface area contributed by atoms with Crippen molar-refractivity contribution in [2.75, 3.05) is 13.2 Å². The Kier molecular flexibility index (Phi) is 5.65. The molecule has 1 atom stereocenters. The van der Waals surface area contributed by atoms with Crippen LogP contribution in [0.25, 0.3) is 0 Å². The van der Waals surface area contributed by atoms with Gasteiger partial charge in [-0.25, -0.2) is 5.48 Å². The fourth-order valence-corrected chi connectivity index (χ4v) is 1.67. The third-order valence-corrected chi connectivity index (χ3v) is 2.63. The van der Waals surface area contributed by atoms with Crippen LogP contribution in [0.4, 0.5) is 0 Å². The van der Waals surface area contributed by atoms with E-state index in [1.807, 2.05) is 13.8 Å². The minimum Gasteiger partial charge on any atom is -0.466 e. The number of carbonyl (C=O) groups excluding carboxylic acids is 1. The highest BCUT2D eigenvalue weighted by molar-refractivity contribution is 5.72. The van der Waals surface area contributed by atoms with E-state index < -0.39 is 0 Å². The zero-order valence-electron chi connectivity index (χ0n) is 9.62. The Balaban J connectivity index is 2.05. The van der Waals surface area contributed by atoms with Crippen molar-refractivity contribution in [3.05, 3.63) is 0 Å². The van der Waals surface area contributed by atoms with Gasteiger partial charge in [-0.1, -0.05) is 19.8 Å². The van der Waals surface area contributed by atoms with Gasteiger partial charge in [0.2, 0.25) is 0 Å². The van der Waals surface area contributed by atoms with E-state index in [2.05, 4.69) is 5.48 Å². The van der Waals surface area contributed by atoms with Gasteiger partial charge < -0.3 is 4.74 Å². The van der Waals surface area contributed by atoms with Crippen LogP contribution in [0.15, 0.2) is 0 Å². The zero-order chi connectivity index (χ0) is 11.1. The SMILES string of the molecule is CCOC(=O)C(C)CNOC1CCCC1. The average molecular weight is 215 g/mol. The molecule has 1 unspecified atom stereocenters. The van der Waals surface area contributed by atoms with Gasteiger partial charge in [0.25, 0.3) is 0 Å². The molecule has 0 aromatic heterocycles. The fourth-order valence-electron chi connectivity index (χ4n) is 1.67. The lowest BCUT2D eigenvalue weighted by Gasteiger charge is -2.14. The van der Waals surface area contributed by atoms with Crippen LogP contribution in [0.1, 0.15) is 39.5 Å². The van der Waals surface area contributed by atoms with E-state index in [-0.39, 0.29) is 11.9 Å². The van der Waals surface area contributed by atoms with Gasteiger partial charge in [-0.2, -0.15) is 0 Å². The van der Waals surface area contributed by atoms with Gasteiger partial charge in [-0.05, 0) is 19.8 Å². The highest BCUT2D eigenvalue weighted by Gasteiger charge is 2.17. The monoisotopic (exact) mass is 215 g/mol. The molecule has 1 rings (SSSR count). The average Bonchev–Trinajstić information content (AvgIpc) is 2.71. The van der Waals surface area contributed by atoms with E-state index in [0.29, 0.717) is 19.3 Å². The Bertz CT molecular complexity index is 190. The number of hydrogen-bond donors (Lipinski definition) is 1. The topological polar surface area (TPSA) is 47.6 Å². The van der Waals surface area contributed by atoms with Crippen molar-refractivity contribution in [1.82, 2.24) is 5.48 Å². The normalized spacial score (nSPS) is 19.1. The molecule has 4 heteroatoms. The standard InChI is InChI=1S/C11H21NO3/c1-3-14-11(13)9(2)8-12-15-10-6-4-5-7-10/h9-10,12H,3-8H2,1-2H3. The van der Waals surface area contributed by atoms with E-state index in [1.165, 1.54) is 12.8 Å². The first-order valence-electron chi connectivity index (χ1n) is 5.79. The minimum absolute atomic E-state index is 0.147. The molecule has 1 N–H and O–H groups in total. The van der Waals surface area contributed by atoms with Gasteiger partial charge in [0, 0.05) is 6.54 Å². The van der Waals surface area contributed by atoms with Crippen LogP contribution in [0.3, 0.4) is 0 Å². The van der Waals surface area contributed by atoms with Gasteiger partial charge in [0.05, 0.1) is 18.6 Å². The van der Waals surface area contributed by atoms with Crippen molar-refractivity contribution < 1.29 is 14.4 Å². The number of nitrogens with one attached hydrogen (secondary N) is 1. The molecule has 0 radical (unpaired) electrons. The molecule has 0 aromatic rings. The maximum Gasteiger partial charge on any atom is 0.310 e. The Labute approximate surface area is 91.3 Å². The fraction of sp³-hybridized carbons (Fsp3) is 0.909. The second-order valence-corrected chi connectivity index (χ2v) is 4.03. The number of hydroxylamine groups is 1. The number of esters is 1. The highest BCUT2D eigenvalue weighted by Crippen LogP contribution is 2.19. The summed E-state index contributed by atoms with van der Waals surface area (Å²) in [5, 5.41) is 0. The molecule has 4 nitrogen and oxygen atoms in total. The quantitative estimate of drug-likeness (QED) is 0.540. The molecule has 1 saturated carbocycles. The smallest absolute Gasteiger partial charge is 0.310 e. The molecule has 0 heterocycles. The lowest BCUT2D eigenvalue weighted by atomic mass is 10.2. The van der Waals surface area contributed by atoms with E-state index in [0.717, 1.165) is 12.8 Å². The van der Waals surface area contributed by atoms with Crippen LogP contribution in [0.2, 0.25) is 0 Å². The van der Waals surface area contributed by atoms with E-state index in [1.54, 1.807) is 0 Å². The van der Waals surface area contributed by atoms with Gasteiger partial charge in [0.15, 0.2) is 0 Å². The van der Waals surface area contributed by atoms with E-state index in [4.69, 9.17) is 9.57 Å². The van der Waals surface area contributed by atoms with Gasteiger partial charge >= 0.3 is 5.97 Å². The minimum atomic E-state index is -0.167. The predicted molar refractivity (Wildman–Crippen MR) is 57.1 cm³/mol. The van der Waals surface area contributed by atoms with Crippen LogP contribution in [0, 0.1) is 5.92 Å². The van der Waals surface area contributed by atoms with Crippen molar-refractivity contribution in [1.29, 1.82) is 0 Å². The largest absolute Gasteiger partial charge is 0.466 e. The first-order valence-corrected chi connectivity index (χ1v) is 5.79. The van der Waals surface area contributed by atoms with E-state index in [9.17, 15) is 4.79 Å². The van der Waals surface area contributed by atoms with Crippen molar-refractivity contribution in [2.24, 2.45) is 5.92 Å². The van der Waals surface area contributed by atoms with Crippen LogP contribution < -0.4 is 5.48 Å². The molecule has 0 bridgehead atoms. The lowest BCUT2D eigenvalue weighted by Crippen LogP contribution is -2.30. The first kappa shape index (κ1) is 12.5. The molecule has 15 heavy (non-hydrogen) atoms. The van der Waals surface area contributed by atoms with Crippen LogP contribution >= 0.6 is 0 Å². The third kappa shape index (κ3) is 4.62. The first-order chi connectivity index (χ1) is 7.24. The molecule has 1 aliphatic carbocycles. The van der Waals surface area contributed by atoms with E-state index >= 15 is 0 Å². The number of ether oxygens (including phenoxy) is 1. The molecule has 0 aliphatic heterocycles. The lowest BCUT2D eigenvalue weighted by molar-refractivity contribution is -0.148. The van der Waals surface area contributed by atoms with Crippen molar-refractivity contribution in [2.45, 2.75) is 45.6 Å². The molecule has 0 spiro atoms. The molecule has 0 saturated heterocycles. The van der Waals surface area contributed by atoms with Crippen molar-refractivity contribution >= 4 is 5.97 Å². The predicted octanol–water partition coefficient (Wildman–Crippen LogP) is 1.65. The van der Waals surface area contributed by atoms with Gasteiger partial charge in [0.1, 0.15) is 0 Å². The van der Waals surface area contributed by atoms with Crippen molar-refractivity contribution in [3.63, 3.8) is 0 Å². The molecular formula is C11H21NO3. The molecule has 1 fully saturated rings. The second kappa shape index (κ2) is 6.80. The van der Waals surface area contributed by atoms with Gasteiger partial charge in [-0.3, -0.25) is 9.63 Å². The third-order valence-electron chi connectivity index (χ3n) is 2.63. The summed E-state index contributed by atoms with van der Waals surface area (Å²) in [6.45, 7) is 4.61. The summed E-state index contributed by atoms with van der Waals surface area (Å²) >= 11 is 0. The molecular weight excluding hydrogens is 194 g/mol. The van der Waals surface area contributed by atoms with Crippen LogP contribution in [0.5, 0.6) is 0 Å². The molecule has 88 valence electrons. The Morgan fingerprint density at radius 3 is 2.73 bits per heavy atom. The maximum atomic E-state index is 11.3. The van der Waals surface area contributed by atoms with Crippen LogP contribution in [-0.2, 0) is 14.4 Å². The molecule has 0 aromatic carbocycles. The number of hydrogen-bond acceptors (Lipinski definition) is 4. The second-order valence-electron chi connectivity index (χ2n) is 4.03. The summed E-state index contributed by atoms with van der Waals surface area (Å²) in [4.78, 5) is 16.7. The summed E-state index contributed by atoms with van der Waals surface area (Å²) in [6, 6.07) is 0. The Morgan fingerprint density at radius 1 is 1.47 bits per heavy atom. The number of rotatable bonds is 6. The summed E-state index contributed by atoms with van der Waals surface area (Å²) in [5.41, 5.74) is 2.87. The number of carbonyl (C=O) groups is 1. The summed E-state index contributed by atoms with van der Waals surface area (Å²) in [5.74, 6) is -0.314.